The molecular weight excluding hydrogens is 198 g/mol. The van der Waals surface area contributed by atoms with E-state index >= 15 is 0 Å². The van der Waals surface area contributed by atoms with E-state index in [1.54, 1.807) is 0 Å². The van der Waals surface area contributed by atoms with Crippen LogP contribution >= 0.6 is 0 Å². The normalized spacial score (nSPS) is 29.6. The Kier molecular flexibility index (Phi) is 2.65. The molecule has 1 aromatic heterocycles. The Hall–Kier alpha value is -0.930. The maximum Gasteiger partial charge on any atom is 0.0417 e. The second-order valence-electron chi connectivity index (χ2n) is 5.12. The number of pyridine rings is 1. The molecule has 0 bridgehead atoms. The molecule has 1 N–H and O–H groups in total. The van der Waals surface area contributed by atoms with Crippen molar-refractivity contribution in [3.05, 3.63) is 29.6 Å². The molecule has 0 amide bonds. The van der Waals surface area contributed by atoms with Crippen molar-refractivity contribution in [2.75, 3.05) is 26.2 Å². The molecule has 2 aliphatic heterocycles. The van der Waals surface area contributed by atoms with Crippen LogP contribution in [0.1, 0.15) is 11.3 Å². The Labute approximate surface area is 96.9 Å². The number of nitrogens with zero attached hydrogens (tertiary/aromatic N) is 2. The van der Waals surface area contributed by atoms with Crippen molar-refractivity contribution >= 4 is 0 Å². The first kappa shape index (κ1) is 10.2. The number of likely N-dealkylation sites (tertiary alicyclic amines) is 1. The third-order valence-electron chi connectivity index (χ3n) is 3.98. The van der Waals surface area contributed by atoms with Gasteiger partial charge in [-0.2, -0.15) is 0 Å². The lowest BCUT2D eigenvalue weighted by atomic mass is 10.0. The predicted molar refractivity (Wildman–Crippen MR) is 64.1 cm³/mol. The summed E-state index contributed by atoms with van der Waals surface area (Å²) in [7, 11) is 0. The Morgan fingerprint density at radius 3 is 2.81 bits per heavy atom. The van der Waals surface area contributed by atoms with E-state index < -0.39 is 0 Å². The molecule has 2 fully saturated rings. The van der Waals surface area contributed by atoms with E-state index in [1.807, 2.05) is 12.3 Å². The number of fused-ring (bicyclic) bond motifs is 1. The van der Waals surface area contributed by atoms with Gasteiger partial charge in [-0.1, -0.05) is 6.07 Å². The van der Waals surface area contributed by atoms with Crippen molar-refractivity contribution in [2.24, 2.45) is 11.8 Å². The molecule has 1 aromatic rings. The molecule has 0 unspecified atom stereocenters. The van der Waals surface area contributed by atoms with Gasteiger partial charge in [0, 0.05) is 31.5 Å². The topological polar surface area (TPSA) is 28.2 Å². The second kappa shape index (κ2) is 4.15. The van der Waals surface area contributed by atoms with Gasteiger partial charge in [-0.25, -0.2) is 0 Å². The zero-order valence-electron chi connectivity index (χ0n) is 9.82. The largest absolute Gasteiger partial charge is 0.316 e. The minimum atomic E-state index is 0.886. The van der Waals surface area contributed by atoms with E-state index in [-0.39, 0.29) is 0 Å². The zero-order valence-corrected chi connectivity index (χ0v) is 9.82. The SMILES string of the molecule is Cc1ncccc1CN1C[C@H]2CNC[C@H]2C1. The van der Waals surface area contributed by atoms with E-state index in [2.05, 4.69) is 28.2 Å². The second-order valence-corrected chi connectivity index (χ2v) is 5.12. The Balaban J connectivity index is 1.66. The van der Waals surface area contributed by atoms with Gasteiger partial charge in [0.25, 0.3) is 0 Å². The lowest BCUT2D eigenvalue weighted by Gasteiger charge is -2.17. The highest BCUT2D eigenvalue weighted by Gasteiger charge is 2.35. The van der Waals surface area contributed by atoms with Gasteiger partial charge in [0.1, 0.15) is 0 Å². The molecule has 3 rings (SSSR count). The van der Waals surface area contributed by atoms with Crippen molar-refractivity contribution in [3.63, 3.8) is 0 Å². The van der Waals surface area contributed by atoms with Crippen LogP contribution in [0.25, 0.3) is 0 Å². The minimum Gasteiger partial charge on any atom is -0.316 e. The molecule has 0 radical (unpaired) electrons. The average Bonchev–Trinajstić information content (AvgIpc) is 2.81. The molecule has 0 spiro atoms. The number of nitrogens with one attached hydrogen (secondary N) is 1. The first-order chi connectivity index (χ1) is 7.83. The zero-order chi connectivity index (χ0) is 11.0. The molecule has 0 saturated carbocycles. The summed E-state index contributed by atoms with van der Waals surface area (Å²) in [6.07, 6.45) is 1.88. The van der Waals surface area contributed by atoms with Gasteiger partial charge in [-0.05, 0) is 43.5 Å². The van der Waals surface area contributed by atoms with Crippen LogP contribution in [0, 0.1) is 18.8 Å². The molecule has 2 atom stereocenters. The first-order valence-electron chi connectivity index (χ1n) is 6.16. The summed E-state index contributed by atoms with van der Waals surface area (Å²) in [4.78, 5) is 6.94. The van der Waals surface area contributed by atoms with Gasteiger partial charge >= 0.3 is 0 Å². The van der Waals surface area contributed by atoms with Crippen molar-refractivity contribution in [3.8, 4) is 0 Å². The van der Waals surface area contributed by atoms with Crippen LogP contribution in [0.4, 0.5) is 0 Å². The molecule has 2 aliphatic rings. The fourth-order valence-electron chi connectivity index (χ4n) is 3.01. The molecular formula is C13H19N3. The van der Waals surface area contributed by atoms with Gasteiger partial charge in [-0.3, -0.25) is 9.88 Å². The number of hydrogen-bond donors (Lipinski definition) is 1. The molecule has 2 saturated heterocycles. The van der Waals surface area contributed by atoms with Crippen molar-refractivity contribution in [2.45, 2.75) is 13.5 Å². The van der Waals surface area contributed by atoms with E-state index in [0.29, 0.717) is 0 Å². The summed E-state index contributed by atoms with van der Waals surface area (Å²) in [6.45, 7) is 8.12. The maximum atomic E-state index is 4.35. The summed E-state index contributed by atoms with van der Waals surface area (Å²) in [6, 6.07) is 4.25. The van der Waals surface area contributed by atoms with Gasteiger partial charge in [0.2, 0.25) is 0 Å². The predicted octanol–water partition coefficient (Wildman–Crippen LogP) is 1.04. The summed E-state index contributed by atoms with van der Waals surface area (Å²) in [5, 5.41) is 3.48. The molecule has 86 valence electrons. The average molecular weight is 217 g/mol. The molecule has 3 heteroatoms. The fraction of sp³-hybridized carbons (Fsp3) is 0.615. The van der Waals surface area contributed by atoms with Crippen LogP contribution in [-0.2, 0) is 6.54 Å². The summed E-state index contributed by atoms with van der Waals surface area (Å²) >= 11 is 0. The minimum absolute atomic E-state index is 0.886. The molecule has 16 heavy (non-hydrogen) atoms. The van der Waals surface area contributed by atoms with Crippen LogP contribution < -0.4 is 5.32 Å². The van der Waals surface area contributed by atoms with Crippen molar-refractivity contribution < 1.29 is 0 Å². The Morgan fingerprint density at radius 2 is 2.12 bits per heavy atom. The van der Waals surface area contributed by atoms with E-state index in [9.17, 15) is 0 Å². The highest BCUT2D eigenvalue weighted by atomic mass is 15.2. The highest BCUT2D eigenvalue weighted by molar-refractivity contribution is 5.18. The third-order valence-corrected chi connectivity index (χ3v) is 3.98. The maximum absolute atomic E-state index is 4.35. The third kappa shape index (κ3) is 1.85. The molecule has 3 heterocycles. The smallest absolute Gasteiger partial charge is 0.0417 e. The van der Waals surface area contributed by atoms with Crippen LogP contribution in [0.2, 0.25) is 0 Å². The van der Waals surface area contributed by atoms with Crippen molar-refractivity contribution in [1.29, 1.82) is 0 Å². The standard InChI is InChI=1S/C13H19N3/c1-10-11(3-2-4-15-10)7-16-8-12-5-14-6-13(12)9-16/h2-4,12-14H,5-9H2,1H3/t12-,13+. The Bertz CT molecular complexity index is 365. The fourth-order valence-corrected chi connectivity index (χ4v) is 3.01. The first-order valence-corrected chi connectivity index (χ1v) is 6.16. The van der Waals surface area contributed by atoms with Gasteiger partial charge < -0.3 is 5.32 Å². The van der Waals surface area contributed by atoms with E-state index in [4.69, 9.17) is 0 Å². The number of rotatable bonds is 2. The quantitative estimate of drug-likeness (QED) is 0.802. The monoisotopic (exact) mass is 217 g/mol. The van der Waals surface area contributed by atoms with E-state index in [1.165, 1.54) is 37.4 Å². The Morgan fingerprint density at radius 1 is 1.38 bits per heavy atom. The summed E-state index contributed by atoms with van der Waals surface area (Å²) in [5.41, 5.74) is 2.56. The highest BCUT2D eigenvalue weighted by Crippen LogP contribution is 2.27. The van der Waals surface area contributed by atoms with Crippen LogP contribution in [0.5, 0.6) is 0 Å². The van der Waals surface area contributed by atoms with Crippen molar-refractivity contribution in [1.82, 2.24) is 15.2 Å². The molecule has 0 aromatic carbocycles. The molecule has 0 aliphatic carbocycles. The molecule has 3 nitrogen and oxygen atoms in total. The van der Waals surface area contributed by atoms with Gasteiger partial charge in [-0.15, -0.1) is 0 Å². The summed E-state index contributed by atoms with van der Waals surface area (Å²) in [5.74, 6) is 1.77. The van der Waals surface area contributed by atoms with Gasteiger partial charge in [0.15, 0.2) is 0 Å². The number of hydrogen-bond acceptors (Lipinski definition) is 3. The number of aryl methyl sites for hydroxylation is 1. The van der Waals surface area contributed by atoms with Crippen LogP contribution in [0.3, 0.4) is 0 Å². The van der Waals surface area contributed by atoms with Crippen LogP contribution in [-0.4, -0.2) is 36.1 Å². The summed E-state index contributed by atoms with van der Waals surface area (Å²) < 4.78 is 0. The number of aromatic nitrogens is 1. The van der Waals surface area contributed by atoms with Gasteiger partial charge in [0.05, 0.1) is 0 Å². The van der Waals surface area contributed by atoms with Crippen LogP contribution in [0.15, 0.2) is 18.3 Å². The lowest BCUT2D eigenvalue weighted by Crippen LogP contribution is -2.25. The van der Waals surface area contributed by atoms with E-state index in [0.717, 1.165) is 18.4 Å². The lowest BCUT2D eigenvalue weighted by molar-refractivity contribution is 0.304.